The number of imidazole rings is 1. The van der Waals surface area contributed by atoms with Crippen molar-refractivity contribution >= 4 is 12.2 Å². The molecular formula is C16H22N4O2. The van der Waals surface area contributed by atoms with Crippen LogP contribution >= 0.6 is 0 Å². The van der Waals surface area contributed by atoms with E-state index in [0.717, 1.165) is 29.2 Å². The van der Waals surface area contributed by atoms with Gasteiger partial charge in [0, 0.05) is 0 Å². The fourth-order valence-corrected chi connectivity index (χ4v) is 1.93. The van der Waals surface area contributed by atoms with Gasteiger partial charge < -0.3 is 15.2 Å². The molecule has 0 aliphatic carbocycles. The van der Waals surface area contributed by atoms with Crippen LogP contribution in [0.4, 0.5) is 5.95 Å². The minimum Gasteiger partial charge on any atom is -0.490 e. The number of nitrogen functional groups attached to an aromatic ring is 1. The van der Waals surface area contributed by atoms with E-state index in [0.29, 0.717) is 19.2 Å². The molecule has 0 aliphatic rings. The Kier molecular flexibility index (Phi) is 5.41. The molecule has 2 rings (SSSR count). The number of benzene rings is 1. The Labute approximate surface area is 130 Å². The Morgan fingerprint density at radius 2 is 2.09 bits per heavy atom. The van der Waals surface area contributed by atoms with Crippen molar-refractivity contribution in [3.05, 3.63) is 35.7 Å². The number of hydrogen-bond acceptors (Lipinski definition) is 5. The van der Waals surface area contributed by atoms with Crippen molar-refractivity contribution in [2.24, 2.45) is 5.10 Å². The molecular weight excluding hydrogens is 280 g/mol. The van der Waals surface area contributed by atoms with Crippen LogP contribution in [0.25, 0.3) is 0 Å². The van der Waals surface area contributed by atoms with Crippen molar-refractivity contribution in [3.8, 4) is 11.5 Å². The monoisotopic (exact) mass is 302 g/mol. The smallest absolute Gasteiger partial charge is 0.221 e. The fraction of sp³-hybridized carbons (Fsp3) is 0.375. The van der Waals surface area contributed by atoms with Gasteiger partial charge in [-0.15, -0.1) is 0 Å². The summed E-state index contributed by atoms with van der Waals surface area (Å²) in [7, 11) is 0. The maximum Gasteiger partial charge on any atom is 0.221 e. The molecule has 0 fully saturated rings. The quantitative estimate of drug-likeness (QED) is 0.798. The molecule has 6 nitrogen and oxygen atoms in total. The SMILES string of the molecule is CCCOc1ccc(C=Nn2cc(C)nc2N)cc1OCC. The highest BCUT2D eigenvalue weighted by Crippen LogP contribution is 2.28. The van der Waals surface area contributed by atoms with Crippen LogP contribution in [-0.2, 0) is 0 Å². The summed E-state index contributed by atoms with van der Waals surface area (Å²) in [6.45, 7) is 7.13. The minimum atomic E-state index is 0.363. The molecule has 0 unspecified atom stereocenters. The van der Waals surface area contributed by atoms with Gasteiger partial charge in [0.25, 0.3) is 0 Å². The first-order valence-corrected chi connectivity index (χ1v) is 7.39. The molecule has 0 atom stereocenters. The predicted molar refractivity (Wildman–Crippen MR) is 87.8 cm³/mol. The highest BCUT2D eigenvalue weighted by molar-refractivity contribution is 5.81. The molecule has 1 aromatic carbocycles. The highest BCUT2D eigenvalue weighted by atomic mass is 16.5. The molecule has 118 valence electrons. The molecule has 2 N–H and O–H groups in total. The van der Waals surface area contributed by atoms with Crippen LogP contribution in [0.15, 0.2) is 29.5 Å². The third kappa shape index (κ3) is 4.00. The maximum absolute atomic E-state index is 5.76. The molecule has 1 aromatic heterocycles. The van der Waals surface area contributed by atoms with Gasteiger partial charge in [-0.1, -0.05) is 6.92 Å². The Morgan fingerprint density at radius 1 is 1.27 bits per heavy atom. The molecule has 0 radical (unpaired) electrons. The molecule has 0 saturated heterocycles. The van der Waals surface area contributed by atoms with Crippen molar-refractivity contribution in [2.45, 2.75) is 27.2 Å². The first kappa shape index (κ1) is 15.9. The molecule has 0 amide bonds. The van der Waals surface area contributed by atoms with Crippen molar-refractivity contribution in [1.82, 2.24) is 9.66 Å². The van der Waals surface area contributed by atoms with E-state index in [1.165, 1.54) is 4.68 Å². The molecule has 0 spiro atoms. The van der Waals surface area contributed by atoms with Gasteiger partial charge in [0.1, 0.15) is 0 Å². The second kappa shape index (κ2) is 7.49. The summed E-state index contributed by atoms with van der Waals surface area (Å²) in [5.41, 5.74) is 7.48. The van der Waals surface area contributed by atoms with Gasteiger partial charge in [0.15, 0.2) is 11.5 Å². The van der Waals surface area contributed by atoms with Crippen LogP contribution in [0.2, 0.25) is 0 Å². The van der Waals surface area contributed by atoms with E-state index >= 15 is 0 Å². The van der Waals surface area contributed by atoms with Gasteiger partial charge in [-0.2, -0.15) is 5.10 Å². The van der Waals surface area contributed by atoms with Crippen molar-refractivity contribution in [2.75, 3.05) is 18.9 Å². The lowest BCUT2D eigenvalue weighted by Gasteiger charge is -2.11. The van der Waals surface area contributed by atoms with Crippen LogP contribution in [0, 0.1) is 6.92 Å². The summed E-state index contributed by atoms with van der Waals surface area (Å²) in [5, 5.41) is 4.30. The summed E-state index contributed by atoms with van der Waals surface area (Å²) < 4.78 is 12.8. The van der Waals surface area contributed by atoms with Gasteiger partial charge >= 0.3 is 0 Å². The van der Waals surface area contributed by atoms with E-state index in [9.17, 15) is 0 Å². The lowest BCUT2D eigenvalue weighted by Crippen LogP contribution is -2.01. The van der Waals surface area contributed by atoms with E-state index in [4.69, 9.17) is 15.2 Å². The van der Waals surface area contributed by atoms with Crippen molar-refractivity contribution in [3.63, 3.8) is 0 Å². The standard InChI is InChI=1S/C16H22N4O2/c1-4-8-22-14-7-6-13(9-15(14)21-5-2)10-18-20-11-12(3)19-16(20)17/h6-7,9-11H,4-5,8H2,1-3H3,(H2,17,19). The lowest BCUT2D eigenvalue weighted by atomic mass is 10.2. The van der Waals surface area contributed by atoms with E-state index in [1.807, 2.05) is 32.0 Å². The largest absolute Gasteiger partial charge is 0.490 e. The molecule has 1 heterocycles. The number of rotatable bonds is 7. The first-order valence-electron chi connectivity index (χ1n) is 7.39. The second-order valence-corrected chi connectivity index (χ2v) is 4.82. The van der Waals surface area contributed by atoms with Gasteiger partial charge in [0.05, 0.1) is 31.3 Å². The van der Waals surface area contributed by atoms with Crippen molar-refractivity contribution in [1.29, 1.82) is 0 Å². The summed E-state index contributed by atoms with van der Waals surface area (Å²) in [5.74, 6) is 1.83. The third-order valence-corrected chi connectivity index (χ3v) is 2.90. The number of nitrogens with zero attached hydrogens (tertiary/aromatic N) is 3. The zero-order valence-electron chi connectivity index (χ0n) is 13.2. The van der Waals surface area contributed by atoms with E-state index < -0.39 is 0 Å². The fourth-order valence-electron chi connectivity index (χ4n) is 1.93. The predicted octanol–water partition coefficient (Wildman–Crippen LogP) is 2.84. The molecule has 2 aromatic rings. The molecule has 22 heavy (non-hydrogen) atoms. The number of hydrogen-bond donors (Lipinski definition) is 1. The zero-order chi connectivity index (χ0) is 15.9. The van der Waals surface area contributed by atoms with Crippen LogP contribution in [0.3, 0.4) is 0 Å². The van der Waals surface area contributed by atoms with E-state index in [1.54, 1.807) is 12.4 Å². The van der Waals surface area contributed by atoms with Crippen LogP contribution in [0.5, 0.6) is 11.5 Å². The number of aryl methyl sites for hydroxylation is 1. The van der Waals surface area contributed by atoms with E-state index in [2.05, 4.69) is 17.0 Å². The Morgan fingerprint density at radius 3 is 2.73 bits per heavy atom. The van der Waals surface area contributed by atoms with Gasteiger partial charge in [-0.3, -0.25) is 0 Å². The highest BCUT2D eigenvalue weighted by Gasteiger charge is 2.06. The average Bonchev–Trinajstić information content (AvgIpc) is 2.82. The molecule has 0 bridgehead atoms. The third-order valence-electron chi connectivity index (χ3n) is 2.90. The first-order chi connectivity index (χ1) is 10.6. The van der Waals surface area contributed by atoms with Crippen LogP contribution in [0.1, 0.15) is 31.5 Å². The average molecular weight is 302 g/mol. The number of ether oxygens (including phenoxy) is 2. The zero-order valence-corrected chi connectivity index (χ0v) is 13.2. The minimum absolute atomic E-state index is 0.363. The second-order valence-electron chi connectivity index (χ2n) is 4.82. The number of aromatic nitrogens is 2. The molecule has 0 aliphatic heterocycles. The molecule has 0 saturated carbocycles. The Bertz CT molecular complexity index is 650. The number of anilines is 1. The maximum atomic E-state index is 5.76. The summed E-state index contributed by atoms with van der Waals surface area (Å²) in [6, 6.07) is 5.72. The van der Waals surface area contributed by atoms with Crippen LogP contribution in [-0.4, -0.2) is 29.1 Å². The Hall–Kier alpha value is -2.50. The molecule has 6 heteroatoms. The van der Waals surface area contributed by atoms with E-state index in [-0.39, 0.29) is 0 Å². The summed E-state index contributed by atoms with van der Waals surface area (Å²) in [6.07, 6.45) is 4.44. The Balaban J connectivity index is 2.20. The topological polar surface area (TPSA) is 74.7 Å². The summed E-state index contributed by atoms with van der Waals surface area (Å²) in [4.78, 5) is 4.10. The van der Waals surface area contributed by atoms with Gasteiger partial charge in [-0.25, -0.2) is 9.66 Å². The number of nitrogens with two attached hydrogens (primary N) is 1. The van der Waals surface area contributed by atoms with Crippen LogP contribution < -0.4 is 15.2 Å². The normalized spacial score (nSPS) is 11.0. The summed E-state index contributed by atoms with van der Waals surface area (Å²) >= 11 is 0. The lowest BCUT2D eigenvalue weighted by molar-refractivity contribution is 0.277. The van der Waals surface area contributed by atoms with Gasteiger partial charge in [0.2, 0.25) is 5.95 Å². The van der Waals surface area contributed by atoms with Crippen molar-refractivity contribution < 1.29 is 9.47 Å². The van der Waals surface area contributed by atoms with Gasteiger partial charge in [-0.05, 0) is 44.0 Å².